The molecule has 6 nitrogen and oxygen atoms in total. The van der Waals surface area contributed by atoms with Crippen molar-refractivity contribution in [3.05, 3.63) is 83.6 Å². The van der Waals surface area contributed by atoms with Gasteiger partial charge in [0.15, 0.2) is 0 Å². The quantitative estimate of drug-likeness (QED) is 0.484. The van der Waals surface area contributed by atoms with Crippen LogP contribution in [-0.2, 0) is 6.54 Å². The minimum Gasteiger partial charge on any atom is -0.494 e. The van der Waals surface area contributed by atoms with E-state index in [4.69, 9.17) is 4.74 Å². The molecule has 1 amide bonds. The van der Waals surface area contributed by atoms with Gasteiger partial charge < -0.3 is 10.1 Å². The number of rotatable bonds is 7. The summed E-state index contributed by atoms with van der Waals surface area (Å²) >= 11 is 1.43. The topological polar surface area (TPSA) is 69.0 Å². The van der Waals surface area contributed by atoms with Crippen LogP contribution in [0.4, 0.5) is 5.69 Å². The van der Waals surface area contributed by atoms with E-state index in [0.717, 1.165) is 21.9 Å². The zero-order chi connectivity index (χ0) is 20.1. The fourth-order valence-corrected chi connectivity index (χ4v) is 3.66. The molecule has 7 heteroatoms. The predicted octanol–water partition coefficient (Wildman–Crippen LogP) is 4.71. The van der Waals surface area contributed by atoms with Crippen LogP contribution in [0.25, 0.3) is 10.6 Å². The number of carbonyl (C=O) groups is 1. The van der Waals surface area contributed by atoms with Crippen molar-refractivity contribution in [3.63, 3.8) is 0 Å². The van der Waals surface area contributed by atoms with E-state index >= 15 is 0 Å². The minimum atomic E-state index is -0.252. The lowest BCUT2D eigenvalue weighted by Crippen LogP contribution is -2.11. The zero-order valence-electron chi connectivity index (χ0n) is 15.9. The van der Waals surface area contributed by atoms with Gasteiger partial charge >= 0.3 is 0 Å². The standard InChI is InChI=1S/C22H20N4O2S/c1-2-28-19-10-8-17(9-11-19)22-25-20(15-29-22)21(27)24-18-12-23-26(14-18)13-16-6-4-3-5-7-16/h3-12,14-15H,2,13H2,1H3,(H,24,27). The fourth-order valence-electron chi connectivity index (χ4n) is 2.85. The van der Waals surface area contributed by atoms with Crippen LogP contribution in [0.5, 0.6) is 5.75 Å². The highest BCUT2D eigenvalue weighted by Crippen LogP contribution is 2.26. The lowest BCUT2D eigenvalue weighted by molar-refractivity contribution is 0.102. The molecule has 0 spiro atoms. The van der Waals surface area contributed by atoms with Crippen LogP contribution < -0.4 is 10.1 Å². The average molecular weight is 404 g/mol. The van der Waals surface area contributed by atoms with Crippen LogP contribution in [-0.4, -0.2) is 27.3 Å². The van der Waals surface area contributed by atoms with Gasteiger partial charge in [-0.3, -0.25) is 9.48 Å². The SMILES string of the molecule is CCOc1ccc(-c2nc(C(=O)Nc3cnn(Cc4ccccc4)c3)cs2)cc1. The number of nitrogens with one attached hydrogen (secondary N) is 1. The van der Waals surface area contributed by atoms with Crippen molar-refractivity contribution in [1.82, 2.24) is 14.8 Å². The van der Waals surface area contributed by atoms with Crippen LogP contribution >= 0.6 is 11.3 Å². The second-order valence-corrected chi connectivity index (χ2v) is 7.22. The van der Waals surface area contributed by atoms with Crippen molar-refractivity contribution < 1.29 is 9.53 Å². The molecule has 1 N–H and O–H groups in total. The molecule has 29 heavy (non-hydrogen) atoms. The molecular formula is C22H20N4O2S. The van der Waals surface area contributed by atoms with Gasteiger partial charge in [-0.15, -0.1) is 11.3 Å². The Morgan fingerprint density at radius 1 is 1.14 bits per heavy atom. The Kier molecular flexibility index (Phi) is 5.67. The number of hydrogen-bond acceptors (Lipinski definition) is 5. The average Bonchev–Trinajstić information content (AvgIpc) is 3.40. The number of ether oxygens (including phenoxy) is 1. The van der Waals surface area contributed by atoms with Gasteiger partial charge in [0, 0.05) is 17.1 Å². The molecule has 2 aromatic carbocycles. The number of anilines is 1. The molecule has 0 unspecified atom stereocenters. The van der Waals surface area contributed by atoms with Crippen molar-refractivity contribution in [2.24, 2.45) is 0 Å². The summed E-state index contributed by atoms with van der Waals surface area (Å²) in [5.41, 5.74) is 3.12. The molecule has 2 aromatic heterocycles. The summed E-state index contributed by atoms with van der Waals surface area (Å²) in [6.07, 6.45) is 3.45. The lowest BCUT2D eigenvalue weighted by atomic mass is 10.2. The summed E-state index contributed by atoms with van der Waals surface area (Å²) < 4.78 is 7.25. The third-order valence-corrected chi connectivity index (χ3v) is 5.12. The Morgan fingerprint density at radius 2 is 1.93 bits per heavy atom. The maximum Gasteiger partial charge on any atom is 0.275 e. The first-order valence-corrected chi connectivity index (χ1v) is 10.2. The van der Waals surface area contributed by atoms with Crippen molar-refractivity contribution in [1.29, 1.82) is 0 Å². The summed E-state index contributed by atoms with van der Waals surface area (Å²) in [7, 11) is 0. The molecular weight excluding hydrogens is 384 g/mol. The molecule has 0 bridgehead atoms. The Bertz CT molecular complexity index is 1090. The number of aromatic nitrogens is 3. The summed E-state index contributed by atoms with van der Waals surface area (Å²) in [5, 5.41) is 9.71. The molecule has 2 heterocycles. The first-order valence-electron chi connectivity index (χ1n) is 9.28. The molecule has 0 aliphatic carbocycles. The molecule has 0 saturated carbocycles. The molecule has 0 aliphatic heterocycles. The fraction of sp³-hybridized carbons (Fsp3) is 0.136. The van der Waals surface area contributed by atoms with E-state index < -0.39 is 0 Å². The highest BCUT2D eigenvalue weighted by atomic mass is 32.1. The summed E-state index contributed by atoms with van der Waals surface area (Å²) in [4.78, 5) is 17.0. The normalized spacial score (nSPS) is 10.7. The maximum absolute atomic E-state index is 12.5. The maximum atomic E-state index is 12.5. The van der Waals surface area contributed by atoms with E-state index in [1.54, 1.807) is 16.3 Å². The Labute approximate surface area is 172 Å². The van der Waals surface area contributed by atoms with Gasteiger partial charge in [0.25, 0.3) is 5.91 Å². The minimum absolute atomic E-state index is 0.252. The van der Waals surface area contributed by atoms with Crippen LogP contribution in [0.3, 0.4) is 0 Å². The molecule has 4 rings (SSSR count). The second-order valence-electron chi connectivity index (χ2n) is 6.36. The molecule has 4 aromatic rings. The van der Waals surface area contributed by atoms with Crippen molar-refractivity contribution >= 4 is 22.9 Å². The van der Waals surface area contributed by atoms with E-state index in [2.05, 4.69) is 15.4 Å². The van der Waals surface area contributed by atoms with E-state index in [0.29, 0.717) is 24.5 Å². The van der Waals surface area contributed by atoms with Gasteiger partial charge in [0.2, 0.25) is 0 Å². The van der Waals surface area contributed by atoms with Gasteiger partial charge in [-0.05, 0) is 36.8 Å². The van der Waals surface area contributed by atoms with Crippen LogP contribution in [0.1, 0.15) is 23.0 Å². The molecule has 146 valence electrons. The van der Waals surface area contributed by atoms with Crippen molar-refractivity contribution in [2.75, 3.05) is 11.9 Å². The van der Waals surface area contributed by atoms with Crippen molar-refractivity contribution in [3.8, 4) is 16.3 Å². The molecule has 0 radical (unpaired) electrons. The van der Waals surface area contributed by atoms with Gasteiger partial charge in [-0.1, -0.05) is 30.3 Å². The van der Waals surface area contributed by atoms with Gasteiger partial charge in [0.1, 0.15) is 16.5 Å². The number of nitrogens with zero attached hydrogens (tertiary/aromatic N) is 3. The number of hydrogen-bond donors (Lipinski definition) is 1. The molecule has 0 aliphatic rings. The second kappa shape index (κ2) is 8.70. The Hall–Kier alpha value is -3.45. The molecule has 0 fully saturated rings. The summed E-state index contributed by atoms with van der Waals surface area (Å²) in [6.45, 7) is 3.23. The van der Waals surface area contributed by atoms with Crippen LogP contribution in [0.15, 0.2) is 72.4 Å². The zero-order valence-corrected chi connectivity index (χ0v) is 16.7. The van der Waals surface area contributed by atoms with Gasteiger partial charge in [-0.2, -0.15) is 5.10 Å². The first kappa shape index (κ1) is 18.9. The van der Waals surface area contributed by atoms with Crippen LogP contribution in [0.2, 0.25) is 0 Å². The van der Waals surface area contributed by atoms with Crippen LogP contribution in [0, 0.1) is 0 Å². The van der Waals surface area contributed by atoms with E-state index in [-0.39, 0.29) is 5.91 Å². The Morgan fingerprint density at radius 3 is 2.69 bits per heavy atom. The largest absolute Gasteiger partial charge is 0.494 e. The third kappa shape index (κ3) is 4.70. The Balaban J connectivity index is 1.40. The number of carbonyl (C=O) groups excluding carboxylic acids is 1. The predicted molar refractivity (Wildman–Crippen MR) is 114 cm³/mol. The van der Waals surface area contributed by atoms with Gasteiger partial charge in [0.05, 0.1) is 25.0 Å². The highest BCUT2D eigenvalue weighted by Gasteiger charge is 2.13. The van der Waals surface area contributed by atoms with Crippen molar-refractivity contribution in [2.45, 2.75) is 13.5 Å². The van der Waals surface area contributed by atoms with E-state index in [9.17, 15) is 4.79 Å². The first-order chi connectivity index (χ1) is 14.2. The summed E-state index contributed by atoms with van der Waals surface area (Å²) in [5.74, 6) is 0.566. The third-order valence-electron chi connectivity index (χ3n) is 4.23. The number of amides is 1. The van der Waals surface area contributed by atoms with E-state index in [1.165, 1.54) is 11.3 Å². The molecule has 0 saturated heterocycles. The monoisotopic (exact) mass is 404 g/mol. The lowest BCUT2D eigenvalue weighted by Gasteiger charge is -2.03. The smallest absolute Gasteiger partial charge is 0.275 e. The summed E-state index contributed by atoms with van der Waals surface area (Å²) in [6, 6.07) is 17.7. The molecule has 0 atom stereocenters. The number of thiazole rings is 1. The number of benzene rings is 2. The van der Waals surface area contributed by atoms with E-state index in [1.807, 2.05) is 67.7 Å². The highest BCUT2D eigenvalue weighted by molar-refractivity contribution is 7.13. The van der Waals surface area contributed by atoms with Gasteiger partial charge in [-0.25, -0.2) is 4.98 Å².